The molecule has 1 nitrogen and oxygen atoms in total. The largest absolute Gasteiger partial charge is 0.481 e. The van der Waals surface area contributed by atoms with Gasteiger partial charge in [-0.3, -0.25) is 0 Å². The van der Waals surface area contributed by atoms with E-state index < -0.39 is 0 Å². The first-order chi connectivity index (χ1) is 11.3. The Morgan fingerprint density at radius 1 is 0.783 bits per heavy atom. The highest BCUT2D eigenvalue weighted by Crippen LogP contribution is 2.41. The molecule has 0 spiro atoms. The van der Waals surface area contributed by atoms with Crippen molar-refractivity contribution in [1.82, 2.24) is 0 Å². The van der Waals surface area contributed by atoms with Crippen LogP contribution in [0.15, 0.2) is 89.4 Å². The van der Waals surface area contributed by atoms with Crippen molar-refractivity contribution in [2.45, 2.75) is 6.10 Å². The second-order valence-corrected chi connectivity index (χ2v) is 6.45. The third-order valence-electron chi connectivity index (χ3n) is 4.02. The second kappa shape index (κ2) is 6.05. The molecule has 0 bridgehead atoms. The van der Waals surface area contributed by atoms with Gasteiger partial charge in [0, 0.05) is 10.0 Å². The zero-order valence-corrected chi connectivity index (χ0v) is 14.0. The lowest BCUT2D eigenvalue weighted by atomic mass is 9.92. The van der Waals surface area contributed by atoms with E-state index in [-0.39, 0.29) is 6.10 Å². The van der Waals surface area contributed by atoms with Crippen LogP contribution >= 0.6 is 15.9 Å². The van der Waals surface area contributed by atoms with E-state index in [1.807, 2.05) is 36.4 Å². The SMILES string of the molecule is Brc1ccc2c(c1)C(c1ccccc1)=CC(c1ccccc1)O2. The summed E-state index contributed by atoms with van der Waals surface area (Å²) >= 11 is 3.57. The molecule has 4 rings (SSSR count). The van der Waals surface area contributed by atoms with Crippen LogP contribution in [0.1, 0.15) is 22.8 Å². The predicted octanol–water partition coefficient (Wildman–Crippen LogP) is 6.01. The van der Waals surface area contributed by atoms with Crippen molar-refractivity contribution in [3.8, 4) is 5.75 Å². The van der Waals surface area contributed by atoms with E-state index in [1.165, 1.54) is 11.1 Å². The van der Waals surface area contributed by atoms with Crippen LogP contribution in [0.5, 0.6) is 5.75 Å². The quantitative estimate of drug-likeness (QED) is 0.541. The summed E-state index contributed by atoms with van der Waals surface area (Å²) in [5.74, 6) is 0.920. The smallest absolute Gasteiger partial charge is 0.143 e. The molecule has 0 aliphatic carbocycles. The van der Waals surface area contributed by atoms with Crippen LogP contribution < -0.4 is 4.74 Å². The van der Waals surface area contributed by atoms with Crippen LogP contribution in [0.3, 0.4) is 0 Å². The Morgan fingerprint density at radius 2 is 1.48 bits per heavy atom. The molecule has 112 valence electrons. The lowest BCUT2D eigenvalue weighted by Gasteiger charge is -2.26. The molecule has 1 heterocycles. The molecular formula is C21H15BrO. The number of hydrogen-bond donors (Lipinski definition) is 0. The number of halogens is 1. The molecule has 0 amide bonds. The van der Waals surface area contributed by atoms with Gasteiger partial charge in [-0.1, -0.05) is 76.6 Å². The van der Waals surface area contributed by atoms with E-state index >= 15 is 0 Å². The summed E-state index contributed by atoms with van der Waals surface area (Å²) in [6.07, 6.45) is 2.14. The number of fused-ring (bicyclic) bond motifs is 1. The topological polar surface area (TPSA) is 9.23 Å². The summed E-state index contributed by atoms with van der Waals surface area (Å²) in [5, 5.41) is 0. The Balaban J connectivity index is 1.87. The monoisotopic (exact) mass is 362 g/mol. The van der Waals surface area contributed by atoms with Gasteiger partial charge in [0.15, 0.2) is 0 Å². The highest BCUT2D eigenvalue weighted by Gasteiger charge is 2.22. The average Bonchev–Trinajstić information content (AvgIpc) is 2.62. The molecule has 0 N–H and O–H groups in total. The first-order valence-electron chi connectivity index (χ1n) is 7.60. The normalized spacial score (nSPS) is 16.2. The summed E-state index contributed by atoms with van der Waals surface area (Å²) in [7, 11) is 0. The third-order valence-corrected chi connectivity index (χ3v) is 4.51. The maximum Gasteiger partial charge on any atom is 0.143 e. The minimum absolute atomic E-state index is 0.0694. The fourth-order valence-electron chi connectivity index (χ4n) is 2.90. The minimum Gasteiger partial charge on any atom is -0.481 e. The molecule has 0 fully saturated rings. The van der Waals surface area contributed by atoms with Crippen LogP contribution in [0, 0.1) is 0 Å². The van der Waals surface area contributed by atoms with Crippen molar-refractivity contribution in [2.75, 3.05) is 0 Å². The fourth-order valence-corrected chi connectivity index (χ4v) is 3.26. The molecule has 1 aliphatic rings. The number of ether oxygens (including phenoxy) is 1. The molecule has 3 aromatic carbocycles. The first kappa shape index (κ1) is 14.3. The minimum atomic E-state index is -0.0694. The van der Waals surface area contributed by atoms with Gasteiger partial charge < -0.3 is 4.74 Å². The maximum absolute atomic E-state index is 6.23. The summed E-state index contributed by atoms with van der Waals surface area (Å²) in [6.45, 7) is 0. The summed E-state index contributed by atoms with van der Waals surface area (Å²) < 4.78 is 7.28. The van der Waals surface area contributed by atoms with Gasteiger partial charge in [0.25, 0.3) is 0 Å². The fraction of sp³-hybridized carbons (Fsp3) is 0.0476. The molecule has 1 atom stereocenters. The Morgan fingerprint density at radius 3 is 2.22 bits per heavy atom. The van der Waals surface area contributed by atoms with Crippen molar-refractivity contribution in [3.05, 3.63) is 106 Å². The molecule has 0 saturated carbocycles. The van der Waals surface area contributed by atoms with E-state index in [4.69, 9.17) is 4.74 Å². The molecule has 1 unspecified atom stereocenters. The van der Waals surface area contributed by atoms with Gasteiger partial charge in [-0.2, -0.15) is 0 Å². The van der Waals surface area contributed by atoms with E-state index in [2.05, 4.69) is 64.5 Å². The van der Waals surface area contributed by atoms with Crippen LogP contribution in [0.2, 0.25) is 0 Å². The van der Waals surface area contributed by atoms with Crippen molar-refractivity contribution in [3.63, 3.8) is 0 Å². The lowest BCUT2D eigenvalue weighted by molar-refractivity contribution is 0.251. The molecule has 3 aromatic rings. The van der Waals surface area contributed by atoms with Crippen LogP contribution in [-0.2, 0) is 0 Å². The van der Waals surface area contributed by atoms with Gasteiger partial charge in [-0.05, 0) is 41.0 Å². The summed E-state index contributed by atoms with van der Waals surface area (Å²) in [6, 6.07) is 27.0. The first-order valence-corrected chi connectivity index (χ1v) is 8.39. The second-order valence-electron chi connectivity index (χ2n) is 5.54. The van der Waals surface area contributed by atoms with Crippen LogP contribution in [-0.4, -0.2) is 0 Å². The van der Waals surface area contributed by atoms with Crippen molar-refractivity contribution in [1.29, 1.82) is 0 Å². The van der Waals surface area contributed by atoms with Gasteiger partial charge in [-0.25, -0.2) is 0 Å². The van der Waals surface area contributed by atoms with Crippen LogP contribution in [0.4, 0.5) is 0 Å². The van der Waals surface area contributed by atoms with Gasteiger partial charge in [-0.15, -0.1) is 0 Å². The molecule has 1 aliphatic heterocycles. The standard InChI is InChI=1S/C21H15BrO/c22-17-11-12-20-19(13-17)18(15-7-3-1-4-8-15)14-21(23-20)16-9-5-2-6-10-16/h1-14,21H. The van der Waals surface area contributed by atoms with Crippen molar-refractivity contribution in [2.24, 2.45) is 0 Å². The molecule has 2 heteroatoms. The van der Waals surface area contributed by atoms with Crippen molar-refractivity contribution >= 4 is 21.5 Å². The van der Waals surface area contributed by atoms with Crippen molar-refractivity contribution < 1.29 is 4.74 Å². The Labute approximate surface area is 144 Å². The Kier molecular flexibility index (Phi) is 3.76. The van der Waals surface area contributed by atoms with Gasteiger partial charge in [0.05, 0.1) is 0 Å². The number of rotatable bonds is 2. The average molecular weight is 363 g/mol. The molecular weight excluding hydrogens is 348 g/mol. The van der Waals surface area contributed by atoms with Gasteiger partial charge in [0.2, 0.25) is 0 Å². The lowest BCUT2D eigenvalue weighted by Crippen LogP contribution is -2.12. The highest BCUT2D eigenvalue weighted by molar-refractivity contribution is 9.10. The third kappa shape index (κ3) is 2.82. The van der Waals surface area contributed by atoms with E-state index in [1.54, 1.807) is 0 Å². The summed E-state index contributed by atoms with van der Waals surface area (Å²) in [4.78, 5) is 0. The zero-order chi connectivity index (χ0) is 15.6. The van der Waals surface area contributed by atoms with Crippen LogP contribution in [0.25, 0.3) is 5.57 Å². The van der Waals surface area contributed by atoms with E-state index in [0.717, 1.165) is 21.3 Å². The molecule has 0 aromatic heterocycles. The number of benzene rings is 3. The zero-order valence-electron chi connectivity index (χ0n) is 12.4. The molecule has 23 heavy (non-hydrogen) atoms. The predicted molar refractivity (Wildman–Crippen MR) is 97.5 cm³/mol. The van der Waals surface area contributed by atoms with E-state index in [0.29, 0.717) is 0 Å². The Bertz CT molecular complexity index is 854. The maximum atomic E-state index is 6.23. The van der Waals surface area contributed by atoms with Gasteiger partial charge in [0.1, 0.15) is 11.9 Å². The highest BCUT2D eigenvalue weighted by atomic mass is 79.9. The Hall–Kier alpha value is -2.32. The van der Waals surface area contributed by atoms with E-state index in [9.17, 15) is 0 Å². The molecule has 0 radical (unpaired) electrons. The summed E-state index contributed by atoms with van der Waals surface area (Å²) in [5.41, 5.74) is 4.70. The van der Waals surface area contributed by atoms with Gasteiger partial charge >= 0.3 is 0 Å². The molecule has 0 saturated heterocycles. The number of hydrogen-bond acceptors (Lipinski definition) is 1.